The molecule has 0 amide bonds. The van der Waals surface area contributed by atoms with E-state index in [1.54, 1.807) is 20.8 Å². The maximum absolute atomic E-state index is 12.0. The third-order valence-corrected chi connectivity index (χ3v) is 3.17. The normalized spacial score (nSPS) is 11.4. The number of hydrogen-bond donors (Lipinski definition) is 1. The van der Waals surface area contributed by atoms with E-state index in [9.17, 15) is 19.5 Å². The molecule has 0 saturated heterocycles. The van der Waals surface area contributed by atoms with Gasteiger partial charge in [0.15, 0.2) is 0 Å². The Balaban J connectivity index is 5.18. The lowest BCUT2D eigenvalue weighted by molar-refractivity contribution is -0.167. The smallest absolute Gasteiger partial charge is 0.333 e. The summed E-state index contributed by atoms with van der Waals surface area (Å²) in [6.07, 6.45) is 0. The molecule has 25 heavy (non-hydrogen) atoms. The second kappa shape index (κ2) is 9.36. The van der Waals surface area contributed by atoms with E-state index >= 15 is 0 Å². The molecule has 0 aromatic rings. The number of aliphatic hydroxyl groups excluding tert-OH is 1. The molecule has 1 N–H and O–H groups in total. The molecule has 0 heterocycles. The van der Waals surface area contributed by atoms with Gasteiger partial charge in [-0.25, -0.2) is 9.59 Å². The van der Waals surface area contributed by atoms with Gasteiger partial charge in [-0.05, 0) is 34.6 Å². The fraction of sp³-hybridized carbons (Fsp3) is 0.611. The second-order valence-electron chi connectivity index (χ2n) is 7.20. The Morgan fingerprint density at radius 3 is 1.48 bits per heavy atom. The van der Waals surface area contributed by atoms with Crippen LogP contribution in [-0.4, -0.2) is 49.4 Å². The van der Waals surface area contributed by atoms with Crippen molar-refractivity contribution in [3.05, 3.63) is 24.3 Å². The van der Waals surface area contributed by atoms with E-state index in [1.807, 2.05) is 0 Å². The van der Waals surface area contributed by atoms with Gasteiger partial charge in [0, 0.05) is 11.1 Å². The molecular weight excluding hydrogens is 328 g/mol. The van der Waals surface area contributed by atoms with Crippen molar-refractivity contribution in [1.82, 2.24) is 0 Å². The number of aliphatic hydroxyl groups is 1. The Morgan fingerprint density at radius 2 is 1.20 bits per heavy atom. The molecule has 0 aliphatic carbocycles. The molecule has 0 fully saturated rings. The van der Waals surface area contributed by atoms with Gasteiger partial charge < -0.3 is 19.3 Å². The Bertz CT molecular complexity index is 510. The molecule has 0 radical (unpaired) electrons. The number of carbonyl (C=O) groups excluding carboxylic acids is 3. The molecule has 0 aliphatic heterocycles. The van der Waals surface area contributed by atoms with Crippen LogP contribution in [0.15, 0.2) is 24.3 Å². The molecule has 0 unspecified atom stereocenters. The first-order chi connectivity index (χ1) is 11.3. The summed E-state index contributed by atoms with van der Waals surface area (Å²) in [7, 11) is 0. The highest BCUT2D eigenvalue weighted by Gasteiger charge is 2.37. The lowest BCUT2D eigenvalue weighted by atomic mass is 9.91. The first-order valence-electron chi connectivity index (χ1n) is 7.78. The van der Waals surface area contributed by atoms with Crippen LogP contribution in [0.5, 0.6) is 0 Å². The maximum atomic E-state index is 12.0. The van der Waals surface area contributed by atoms with E-state index in [0.717, 1.165) is 0 Å². The standard InChI is InChI=1S/C18H28O7/c1-12(2)14(20)23-9-18(8-19,10-24-15(21)13(3)4)11-25-16(22)17(5,6)7/h19H,1,3,8-11H2,2,4-7H3. The van der Waals surface area contributed by atoms with Crippen molar-refractivity contribution < 1.29 is 33.7 Å². The first-order valence-corrected chi connectivity index (χ1v) is 7.78. The average molecular weight is 356 g/mol. The number of esters is 3. The largest absolute Gasteiger partial charge is 0.464 e. The van der Waals surface area contributed by atoms with Gasteiger partial charge in [0.05, 0.1) is 17.4 Å². The van der Waals surface area contributed by atoms with Crippen molar-refractivity contribution in [3.63, 3.8) is 0 Å². The first kappa shape index (κ1) is 22.9. The van der Waals surface area contributed by atoms with Gasteiger partial charge >= 0.3 is 17.9 Å². The van der Waals surface area contributed by atoms with Crippen LogP contribution < -0.4 is 0 Å². The van der Waals surface area contributed by atoms with E-state index in [2.05, 4.69) is 13.2 Å². The minimum atomic E-state index is -1.28. The Kier molecular flexibility index (Phi) is 8.56. The van der Waals surface area contributed by atoms with Gasteiger partial charge in [-0.1, -0.05) is 13.2 Å². The van der Waals surface area contributed by atoms with Crippen LogP contribution in [0, 0.1) is 10.8 Å². The summed E-state index contributed by atoms with van der Waals surface area (Å²) in [5.74, 6) is -1.82. The summed E-state index contributed by atoms with van der Waals surface area (Å²) in [5.41, 5.74) is -1.67. The third kappa shape index (κ3) is 7.98. The van der Waals surface area contributed by atoms with Crippen molar-refractivity contribution in [3.8, 4) is 0 Å². The highest BCUT2D eigenvalue weighted by Crippen LogP contribution is 2.23. The zero-order chi connectivity index (χ0) is 19.8. The van der Waals surface area contributed by atoms with Crippen molar-refractivity contribution in [2.24, 2.45) is 10.8 Å². The number of hydrogen-bond acceptors (Lipinski definition) is 7. The fourth-order valence-electron chi connectivity index (χ4n) is 1.38. The van der Waals surface area contributed by atoms with Crippen LogP contribution in [0.1, 0.15) is 34.6 Å². The molecule has 0 aliphatic rings. The Morgan fingerprint density at radius 1 is 0.840 bits per heavy atom. The highest BCUT2D eigenvalue weighted by molar-refractivity contribution is 5.87. The lowest BCUT2D eigenvalue weighted by Crippen LogP contribution is -2.43. The molecule has 0 spiro atoms. The van der Waals surface area contributed by atoms with E-state index < -0.39 is 35.3 Å². The van der Waals surface area contributed by atoms with E-state index in [4.69, 9.17) is 14.2 Å². The molecule has 0 aromatic carbocycles. The molecule has 7 nitrogen and oxygen atoms in total. The summed E-state index contributed by atoms with van der Waals surface area (Å²) in [6, 6.07) is 0. The molecular formula is C18H28O7. The van der Waals surface area contributed by atoms with Crippen LogP contribution in [0.4, 0.5) is 0 Å². The fourth-order valence-corrected chi connectivity index (χ4v) is 1.38. The van der Waals surface area contributed by atoms with E-state index in [1.165, 1.54) is 13.8 Å². The zero-order valence-electron chi connectivity index (χ0n) is 15.6. The van der Waals surface area contributed by atoms with Crippen molar-refractivity contribution in [2.45, 2.75) is 34.6 Å². The predicted octanol–water partition coefficient (Wildman–Crippen LogP) is 1.79. The highest BCUT2D eigenvalue weighted by atomic mass is 16.6. The zero-order valence-corrected chi connectivity index (χ0v) is 15.6. The minimum Gasteiger partial charge on any atom is -0.464 e. The number of carbonyl (C=O) groups is 3. The van der Waals surface area contributed by atoms with Crippen molar-refractivity contribution in [1.29, 1.82) is 0 Å². The second-order valence-corrected chi connectivity index (χ2v) is 7.20. The third-order valence-electron chi connectivity index (χ3n) is 3.17. The SMILES string of the molecule is C=C(C)C(=O)OCC(CO)(COC(=O)C(=C)C)COC(=O)C(C)(C)C. The number of ether oxygens (including phenoxy) is 3. The number of rotatable bonds is 9. The van der Waals surface area contributed by atoms with Gasteiger partial charge in [-0.2, -0.15) is 0 Å². The van der Waals surface area contributed by atoms with Gasteiger partial charge in [0.1, 0.15) is 19.8 Å². The predicted molar refractivity (Wildman–Crippen MR) is 91.5 cm³/mol. The molecule has 0 rings (SSSR count). The molecule has 0 atom stereocenters. The van der Waals surface area contributed by atoms with Crippen LogP contribution in [0.3, 0.4) is 0 Å². The van der Waals surface area contributed by atoms with Gasteiger partial charge in [0.25, 0.3) is 0 Å². The van der Waals surface area contributed by atoms with Crippen LogP contribution in [0.25, 0.3) is 0 Å². The van der Waals surface area contributed by atoms with Crippen molar-refractivity contribution in [2.75, 3.05) is 26.4 Å². The van der Waals surface area contributed by atoms with Crippen LogP contribution in [-0.2, 0) is 28.6 Å². The topological polar surface area (TPSA) is 99.1 Å². The molecule has 0 bridgehead atoms. The Labute approximate surface area is 148 Å². The van der Waals surface area contributed by atoms with E-state index in [0.29, 0.717) is 0 Å². The maximum Gasteiger partial charge on any atom is 0.333 e. The van der Waals surface area contributed by atoms with Gasteiger partial charge in [-0.15, -0.1) is 0 Å². The summed E-state index contributed by atoms with van der Waals surface area (Å²) in [4.78, 5) is 35.2. The van der Waals surface area contributed by atoms with Crippen LogP contribution in [0.2, 0.25) is 0 Å². The van der Waals surface area contributed by atoms with E-state index in [-0.39, 0.29) is 31.0 Å². The van der Waals surface area contributed by atoms with Gasteiger partial charge in [0.2, 0.25) is 0 Å². The quantitative estimate of drug-likeness (QED) is 0.382. The summed E-state index contributed by atoms with van der Waals surface area (Å²) in [6.45, 7) is 13.5. The monoisotopic (exact) mass is 356 g/mol. The molecule has 7 heteroatoms. The van der Waals surface area contributed by atoms with Crippen molar-refractivity contribution >= 4 is 17.9 Å². The van der Waals surface area contributed by atoms with Crippen LogP contribution >= 0.6 is 0 Å². The Hall–Kier alpha value is -2.15. The molecule has 142 valence electrons. The lowest BCUT2D eigenvalue weighted by Gasteiger charge is -2.31. The summed E-state index contributed by atoms with van der Waals surface area (Å²) >= 11 is 0. The summed E-state index contributed by atoms with van der Waals surface area (Å²) < 4.78 is 15.4. The average Bonchev–Trinajstić information content (AvgIpc) is 2.52. The molecule has 0 aromatic heterocycles. The molecule has 0 saturated carbocycles. The minimum absolute atomic E-state index is 0.178. The summed E-state index contributed by atoms with van der Waals surface area (Å²) in [5, 5.41) is 9.78. The van der Waals surface area contributed by atoms with Gasteiger partial charge in [-0.3, -0.25) is 4.79 Å².